The van der Waals surface area contributed by atoms with E-state index in [1.54, 1.807) is 23.9 Å². The van der Waals surface area contributed by atoms with Crippen molar-refractivity contribution in [1.82, 2.24) is 4.98 Å². The Labute approximate surface area is 175 Å². The first-order chi connectivity index (χ1) is 13.4. The van der Waals surface area contributed by atoms with E-state index in [-0.39, 0.29) is 45.5 Å². The SMILES string of the molecule is O=C1OC(=O)C2C3CC(C4Sc5[nH]c(=O)sc5C(c5cc(Br)ccc5O)C34)C12. The summed E-state index contributed by atoms with van der Waals surface area (Å²) in [6, 6.07) is 5.31. The lowest BCUT2D eigenvalue weighted by molar-refractivity contribution is -0.154. The van der Waals surface area contributed by atoms with Crippen molar-refractivity contribution in [3.63, 3.8) is 0 Å². The molecule has 7 atom stereocenters. The third-order valence-corrected chi connectivity index (χ3v) is 9.86. The number of carbonyl (C=O) groups is 2. The summed E-state index contributed by atoms with van der Waals surface area (Å²) in [6.07, 6.45) is 0.808. The van der Waals surface area contributed by atoms with Gasteiger partial charge in [-0.2, -0.15) is 0 Å². The number of benzene rings is 1. The van der Waals surface area contributed by atoms with Crippen LogP contribution in [0.4, 0.5) is 0 Å². The summed E-state index contributed by atoms with van der Waals surface area (Å²) in [5.41, 5.74) is 0.753. The maximum Gasteiger partial charge on any atom is 0.317 e. The second-order valence-corrected chi connectivity index (χ2v) is 11.0. The number of cyclic esters (lactones) is 2. The van der Waals surface area contributed by atoms with Gasteiger partial charge >= 0.3 is 16.8 Å². The molecular weight excluding hydrogens is 466 g/mol. The Hall–Kier alpha value is -1.58. The van der Waals surface area contributed by atoms with Gasteiger partial charge in [-0.05, 0) is 42.4 Å². The first-order valence-electron chi connectivity index (χ1n) is 9.07. The van der Waals surface area contributed by atoms with Gasteiger partial charge in [0.1, 0.15) is 5.75 Å². The fourth-order valence-electron chi connectivity index (χ4n) is 5.94. The van der Waals surface area contributed by atoms with Crippen LogP contribution in [0.15, 0.2) is 32.5 Å². The molecule has 3 heterocycles. The summed E-state index contributed by atoms with van der Waals surface area (Å²) in [7, 11) is 0. The third-order valence-electron chi connectivity index (χ3n) is 6.78. The van der Waals surface area contributed by atoms with Crippen molar-refractivity contribution < 1.29 is 19.4 Å². The number of aromatic amines is 1. The van der Waals surface area contributed by atoms with Gasteiger partial charge in [-0.3, -0.25) is 14.4 Å². The van der Waals surface area contributed by atoms with Crippen molar-refractivity contribution in [3.05, 3.63) is 42.8 Å². The number of H-pyrrole nitrogens is 1. The van der Waals surface area contributed by atoms with Crippen molar-refractivity contribution in [1.29, 1.82) is 0 Å². The van der Waals surface area contributed by atoms with Gasteiger partial charge in [0, 0.05) is 26.1 Å². The molecule has 0 radical (unpaired) electrons. The van der Waals surface area contributed by atoms with E-state index >= 15 is 0 Å². The number of thiazole rings is 1. The summed E-state index contributed by atoms with van der Waals surface area (Å²) >= 11 is 6.27. The van der Waals surface area contributed by atoms with E-state index in [0.717, 1.165) is 26.4 Å². The van der Waals surface area contributed by atoms with Gasteiger partial charge in [-0.25, -0.2) is 0 Å². The number of phenols is 1. The summed E-state index contributed by atoms with van der Waals surface area (Å²) in [6.45, 7) is 0. The average Bonchev–Trinajstić information content (AvgIpc) is 3.36. The Balaban J connectivity index is 1.55. The smallest absolute Gasteiger partial charge is 0.317 e. The molecular formula is C19H14BrNO5S2. The molecule has 2 N–H and O–H groups in total. The van der Waals surface area contributed by atoms with E-state index in [9.17, 15) is 19.5 Å². The number of nitrogens with one attached hydrogen (secondary N) is 1. The molecule has 1 saturated heterocycles. The number of phenolic OH excluding ortho intramolecular Hbond substituents is 1. The summed E-state index contributed by atoms with van der Waals surface area (Å²) in [4.78, 5) is 40.5. The maximum atomic E-state index is 12.4. The highest BCUT2D eigenvalue weighted by atomic mass is 79.9. The average molecular weight is 480 g/mol. The molecule has 2 saturated carbocycles. The number of esters is 2. The van der Waals surface area contributed by atoms with Crippen molar-refractivity contribution in [2.24, 2.45) is 29.6 Å². The predicted molar refractivity (Wildman–Crippen MR) is 105 cm³/mol. The van der Waals surface area contributed by atoms with E-state index in [2.05, 4.69) is 20.9 Å². The molecule has 7 unspecified atom stereocenters. The largest absolute Gasteiger partial charge is 0.508 e. The highest BCUT2D eigenvalue weighted by Gasteiger charge is 2.69. The number of aromatic hydroxyl groups is 1. The molecule has 2 bridgehead atoms. The van der Waals surface area contributed by atoms with Crippen LogP contribution in [-0.4, -0.2) is 27.3 Å². The summed E-state index contributed by atoms with van der Waals surface area (Å²) in [5.74, 6) is -1.45. The minimum atomic E-state index is -0.406. The minimum absolute atomic E-state index is 0.0141. The number of thioether (sulfide) groups is 1. The second-order valence-electron chi connectivity index (χ2n) is 7.90. The number of rotatable bonds is 1. The molecule has 3 fully saturated rings. The summed E-state index contributed by atoms with van der Waals surface area (Å²) in [5, 5.41) is 11.6. The Morgan fingerprint density at radius 3 is 2.68 bits per heavy atom. The van der Waals surface area contributed by atoms with Gasteiger partial charge in [-0.15, -0.1) is 11.8 Å². The number of hydrogen-bond acceptors (Lipinski definition) is 7. The highest BCUT2D eigenvalue weighted by Crippen LogP contribution is 2.68. The van der Waals surface area contributed by atoms with E-state index in [4.69, 9.17) is 4.74 Å². The van der Waals surface area contributed by atoms with E-state index in [1.165, 1.54) is 11.3 Å². The lowest BCUT2D eigenvalue weighted by Crippen LogP contribution is -2.42. The molecule has 1 aromatic heterocycles. The standard InChI is InChI=1S/C19H14BrNO5S2/c20-5-1-2-9(22)6(3-5)10-11-7-4-8(13-12(7)17(23)26-18(13)24)14(11)27-16-15(10)28-19(25)21-16/h1-3,7-8,10-14,22H,4H2,(H,21,25). The predicted octanol–water partition coefficient (Wildman–Crippen LogP) is 3.09. The monoisotopic (exact) mass is 479 g/mol. The zero-order valence-corrected chi connectivity index (χ0v) is 17.5. The lowest BCUT2D eigenvalue weighted by Gasteiger charge is -2.42. The Morgan fingerprint density at radius 1 is 1.14 bits per heavy atom. The number of carbonyl (C=O) groups excluding carboxylic acids is 2. The van der Waals surface area contributed by atoms with Crippen LogP contribution in [0.5, 0.6) is 5.75 Å². The Morgan fingerprint density at radius 2 is 1.89 bits per heavy atom. The molecule has 2 aromatic rings. The Kier molecular flexibility index (Phi) is 3.54. The number of halogens is 1. The van der Waals surface area contributed by atoms with Gasteiger partial charge in [-0.1, -0.05) is 27.3 Å². The number of aromatic nitrogens is 1. The van der Waals surface area contributed by atoms with Crippen molar-refractivity contribution in [2.45, 2.75) is 22.6 Å². The summed E-state index contributed by atoms with van der Waals surface area (Å²) < 4.78 is 5.82. The highest BCUT2D eigenvalue weighted by molar-refractivity contribution is 9.10. The van der Waals surface area contributed by atoms with Crippen molar-refractivity contribution >= 4 is 51.0 Å². The minimum Gasteiger partial charge on any atom is -0.508 e. The molecule has 6 rings (SSSR count). The van der Waals surface area contributed by atoms with Crippen LogP contribution in [0.2, 0.25) is 0 Å². The molecule has 1 aromatic carbocycles. The van der Waals surface area contributed by atoms with Gasteiger partial charge in [0.25, 0.3) is 0 Å². The first-order valence-corrected chi connectivity index (χ1v) is 11.6. The lowest BCUT2D eigenvalue weighted by atomic mass is 9.68. The molecule has 9 heteroatoms. The first kappa shape index (κ1) is 17.3. The van der Waals surface area contributed by atoms with Crippen LogP contribution in [0.3, 0.4) is 0 Å². The maximum absolute atomic E-state index is 12.4. The van der Waals surface area contributed by atoms with Gasteiger partial charge in [0.05, 0.1) is 16.9 Å². The molecule has 4 aliphatic rings. The fraction of sp³-hybridized carbons (Fsp3) is 0.421. The van der Waals surface area contributed by atoms with Gasteiger partial charge in [0.2, 0.25) is 0 Å². The second kappa shape index (κ2) is 5.73. The van der Waals surface area contributed by atoms with E-state index < -0.39 is 17.9 Å². The van der Waals surface area contributed by atoms with Gasteiger partial charge < -0.3 is 14.8 Å². The zero-order valence-electron chi connectivity index (χ0n) is 14.3. The molecule has 0 amide bonds. The molecule has 2 aliphatic heterocycles. The van der Waals surface area contributed by atoms with Crippen LogP contribution in [0.1, 0.15) is 22.8 Å². The van der Waals surface area contributed by atoms with Crippen LogP contribution in [0, 0.1) is 29.6 Å². The number of fused-ring (bicyclic) bond motifs is 9. The number of ether oxygens (including phenoxy) is 1. The van der Waals surface area contributed by atoms with Crippen molar-refractivity contribution in [2.75, 3.05) is 0 Å². The zero-order chi connectivity index (χ0) is 19.3. The Bertz CT molecular complexity index is 1110. The van der Waals surface area contributed by atoms with Crippen LogP contribution >= 0.6 is 39.0 Å². The normalized spacial score (nSPS) is 37.5. The van der Waals surface area contributed by atoms with Gasteiger partial charge in [0.15, 0.2) is 0 Å². The molecule has 144 valence electrons. The molecule has 6 nitrogen and oxygen atoms in total. The van der Waals surface area contributed by atoms with Crippen LogP contribution in [0.25, 0.3) is 0 Å². The van der Waals surface area contributed by atoms with Crippen molar-refractivity contribution in [3.8, 4) is 5.75 Å². The fourth-order valence-corrected chi connectivity index (χ4v) is 9.20. The quantitative estimate of drug-likeness (QED) is 0.481. The molecule has 2 aliphatic carbocycles. The number of hydrogen-bond donors (Lipinski definition) is 2. The van der Waals surface area contributed by atoms with E-state index in [0.29, 0.717) is 0 Å². The van der Waals surface area contributed by atoms with Crippen LogP contribution in [-0.2, 0) is 14.3 Å². The van der Waals surface area contributed by atoms with E-state index in [1.807, 2.05) is 6.07 Å². The molecule has 28 heavy (non-hydrogen) atoms. The topological polar surface area (TPSA) is 96.5 Å². The third kappa shape index (κ3) is 2.12. The van der Waals surface area contributed by atoms with Crippen LogP contribution < -0.4 is 4.87 Å². The molecule has 0 spiro atoms.